The zero-order valence-corrected chi connectivity index (χ0v) is 14.4. The molecule has 0 unspecified atom stereocenters. The standard InChI is InChI=1S/C19H24N2O3/c1-3-10-24-19(23)14-6-7-17-15(11-14)18(22)16(13(2)20-17)12-21-8-4-5-9-21/h6-7,11H,3-5,8-10,12H2,1-2H3,(H,20,22). The molecule has 0 aliphatic carbocycles. The Balaban J connectivity index is 1.98. The maximum absolute atomic E-state index is 12.9. The maximum atomic E-state index is 12.9. The van der Waals surface area contributed by atoms with Gasteiger partial charge >= 0.3 is 5.97 Å². The van der Waals surface area contributed by atoms with E-state index in [9.17, 15) is 9.59 Å². The second kappa shape index (κ2) is 7.18. The number of aromatic amines is 1. The van der Waals surface area contributed by atoms with E-state index in [2.05, 4.69) is 9.88 Å². The number of fused-ring (bicyclic) bond motifs is 1. The number of rotatable bonds is 5. The van der Waals surface area contributed by atoms with E-state index in [0.717, 1.165) is 36.3 Å². The molecule has 0 radical (unpaired) electrons. The Hall–Kier alpha value is -2.14. The lowest BCUT2D eigenvalue weighted by molar-refractivity contribution is 0.0505. The van der Waals surface area contributed by atoms with E-state index >= 15 is 0 Å². The van der Waals surface area contributed by atoms with Gasteiger partial charge in [0, 0.05) is 28.7 Å². The average molecular weight is 328 g/mol. The summed E-state index contributed by atoms with van der Waals surface area (Å²) in [6.45, 7) is 7.03. The van der Waals surface area contributed by atoms with E-state index < -0.39 is 0 Å². The number of aromatic nitrogens is 1. The molecule has 1 N–H and O–H groups in total. The second-order valence-corrected chi connectivity index (χ2v) is 6.44. The van der Waals surface area contributed by atoms with Crippen molar-refractivity contribution >= 4 is 16.9 Å². The fourth-order valence-electron chi connectivity index (χ4n) is 3.21. The van der Waals surface area contributed by atoms with Gasteiger partial charge in [0.25, 0.3) is 0 Å². The number of esters is 1. The minimum Gasteiger partial charge on any atom is -0.462 e. The third-order valence-electron chi connectivity index (χ3n) is 4.57. The minimum atomic E-state index is -0.375. The number of nitrogens with zero attached hydrogens (tertiary/aromatic N) is 1. The first-order valence-electron chi connectivity index (χ1n) is 8.65. The van der Waals surface area contributed by atoms with Crippen molar-refractivity contribution in [3.05, 3.63) is 45.2 Å². The summed E-state index contributed by atoms with van der Waals surface area (Å²) in [7, 11) is 0. The van der Waals surface area contributed by atoms with Crippen LogP contribution in [0.2, 0.25) is 0 Å². The summed E-state index contributed by atoms with van der Waals surface area (Å²) >= 11 is 0. The molecule has 128 valence electrons. The van der Waals surface area contributed by atoms with Crippen LogP contribution < -0.4 is 5.43 Å². The van der Waals surface area contributed by atoms with Gasteiger partial charge in [-0.05, 0) is 57.5 Å². The lowest BCUT2D eigenvalue weighted by Gasteiger charge is -2.16. The van der Waals surface area contributed by atoms with E-state index in [1.807, 2.05) is 13.8 Å². The molecule has 1 aliphatic heterocycles. The normalized spacial score (nSPS) is 15.1. The summed E-state index contributed by atoms with van der Waals surface area (Å²) in [5.41, 5.74) is 2.90. The average Bonchev–Trinajstić information content (AvgIpc) is 3.09. The molecule has 0 amide bonds. The SMILES string of the molecule is CCCOC(=O)c1ccc2[nH]c(C)c(CN3CCCC3)c(=O)c2c1. The van der Waals surface area contributed by atoms with E-state index in [-0.39, 0.29) is 11.4 Å². The second-order valence-electron chi connectivity index (χ2n) is 6.44. The monoisotopic (exact) mass is 328 g/mol. The number of carbonyl (C=O) groups is 1. The van der Waals surface area contributed by atoms with Crippen molar-refractivity contribution < 1.29 is 9.53 Å². The summed E-state index contributed by atoms with van der Waals surface area (Å²) in [5.74, 6) is -0.375. The fraction of sp³-hybridized carbons (Fsp3) is 0.474. The molecular weight excluding hydrogens is 304 g/mol. The molecule has 1 saturated heterocycles. The van der Waals surface area contributed by atoms with Crippen molar-refractivity contribution in [2.45, 2.75) is 39.7 Å². The predicted molar refractivity (Wildman–Crippen MR) is 94.4 cm³/mol. The Kier molecular flexibility index (Phi) is 5.00. The molecular formula is C19H24N2O3. The zero-order chi connectivity index (χ0) is 17.1. The lowest BCUT2D eigenvalue weighted by atomic mass is 10.1. The predicted octanol–water partition coefficient (Wildman–Crippen LogP) is 3.00. The van der Waals surface area contributed by atoms with Gasteiger partial charge in [-0.3, -0.25) is 9.69 Å². The first kappa shape index (κ1) is 16.7. The maximum Gasteiger partial charge on any atom is 0.338 e. The van der Waals surface area contributed by atoms with Crippen molar-refractivity contribution in [2.24, 2.45) is 0 Å². The number of carbonyl (C=O) groups excluding carboxylic acids is 1. The van der Waals surface area contributed by atoms with Crippen LogP contribution in [0.15, 0.2) is 23.0 Å². The van der Waals surface area contributed by atoms with Gasteiger partial charge in [0.05, 0.1) is 12.2 Å². The number of ether oxygens (including phenoxy) is 1. The molecule has 2 aromatic rings. The summed E-state index contributed by atoms with van der Waals surface area (Å²) in [6, 6.07) is 5.14. The van der Waals surface area contributed by atoms with Crippen molar-refractivity contribution in [3.63, 3.8) is 0 Å². The van der Waals surface area contributed by atoms with Crippen LogP contribution in [0.25, 0.3) is 10.9 Å². The molecule has 5 heteroatoms. The van der Waals surface area contributed by atoms with E-state index in [1.165, 1.54) is 12.8 Å². The third kappa shape index (κ3) is 3.36. The number of pyridine rings is 1. The molecule has 1 aromatic heterocycles. The molecule has 1 aliphatic rings. The van der Waals surface area contributed by atoms with Gasteiger partial charge in [-0.15, -0.1) is 0 Å². The van der Waals surface area contributed by atoms with Crippen molar-refractivity contribution in [1.82, 2.24) is 9.88 Å². The van der Waals surface area contributed by atoms with Crippen LogP contribution >= 0.6 is 0 Å². The van der Waals surface area contributed by atoms with Crippen molar-refractivity contribution in [2.75, 3.05) is 19.7 Å². The molecule has 0 atom stereocenters. The van der Waals surface area contributed by atoms with Crippen LogP contribution in [0.5, 0.6) is 0 Å². The molecule has 0 bridgehead atoms. The topological polar surface area (TPSA) is 62.4 Å². The number of aryl methyl sites for hydroxylation is 1. The van der Waals surface area contributed by atoms with Crippen LogP contribution in [0, 0.1) is 6.92 Å². The van der Waals surface area contributed by atoms with Gasteiger partial charge in [-0.2, -0.15) is 0 Å². The van der Waals surface area contributed by atoms with Crippen LogP contribution in [-0.2, 0) is 11.3 Å². The van der Waals surface area contributed by atoms with E-state index in [0.29, 0.717) is 24.1 Å². The zero-order valence-electron chi connectivity index (χ0n) is 14.4. The molecule has 3 rings (SSSR count). The first-order chi connectivity index (χ1) is 11.6. The van der Waals surface area contributed by atoms with Crippen LogP contribution in [0.1, 0.15) is 47.8 Å². The van der Waals surface area contributed by atoms with Gasteiger partial charge < -0.3 is 9.72 Å². The molecule has 1 aromatic carbocycles. The Morgan fingerprint density at radius 1 is 1.29 bits per heavy atom. The quantitative estimate of drug-likeness (QED) is 0.857. The summed E-state index contributed by atoms with van der Waals surface area (Å²) in [5, 5.41) is 0.556. The van der Waals surface area contributed by atoms with Crippen LogP contribution in [-0.4, -0.2) is 35.5 Å². The first-order valence-corrected chi connectivity index (χ1v) is 8.65. The Labute approximate surface area is 141 Å². The fourth-order valence-corrected chi connectivity index (χ4v) is 3.21. The highest BCUT2D eigenvalue weighted by atomic mass is 16.5. The van der Waals surface area contributed by atoms with E-state index in [4.69, 9.17) is 4.74 Å². The smallest absolute Gasteiger partial charge is 0.338 e. The number of H-pyrrole nitrogens is 1. The van der Waals surface area contributed by atoms with Gasteiger partial charge in [0.2, 0.25) is 0 Å². The number of hydrogen-bond donors (Lipinski definition) is 1. The number of likely N-dealkylation sites (tertiary alicyclic amines) is 1. The molecule has 0 saturated carbocycles. The van der Waals surface area contributed by atoms with Crippen LogP contribution in [0.3, 0.4) is 0 Å². The van der Waals surface area contributed by atoms with Gasteiger partial charge in [0.1, 0.15) is 0 Å². The van der Waals surface area contributed by atoms with Gasteiger partial charge in [-0.1, -0.05) is 6.92 Å². The third-order valence-corrected chi connectivity index (χ3v) is 4.57. The minimum absolute atomic E-state index is 0.0123. The summed E-state index contributed by atoms with van der Waals surface area (Å²) in [4.78, 5) is 30.6. The highest BCUT2D eigenvalue weighted by molar-refractivity contribution is 5.94. The van der Waals surface area contributed by atoms with Gasteiger partial charge in [0.15, 0.2) is 5.43 Å². The molecule has 24 heavy (non-hydrogen) atoms. The summed E-state index contributed by atoms with van der Waals surface area (Å²) in [6.07, 6.45) is 3.16. The Bertz CT molecular complexity index is 804. The largest absolute Gasteiger partial charge is 0.462 e. The Morgan fingerprint density at radius 2 is 2.04 bits per heavy atom. The highest BCUT2D eigenvalue weighted by Gasteiger charge is 2.17. The van der Waals surface area contributed by atoms with Crippen LogP contribution in [0.4, 0.5) is 0 Å². The molecule has 2 heterocycles. The molecule has 1 fully saturated rings. The molecule has 0 spiro atoms. The Morgan fingerprint density at radius 3 is 2.75 bits per heavy atom. The number of hydrogen-bond acceptors (Lipinski definition) is 4. The van der Waals surface area contributed by atoms with Crippen molar-refractivity contribution in [1.29, 1.82) is 0 Å². The van der Waals surface area contributed by atoms with Crippen molar-refractivity contribution in [3.8, 4) is 0 Å². The number of nitrogens with one attached hydrogen (secondary N) is 1. The lowest BCUT2D eigenvalue weighted by Crippen LogP contribution is -2.25. The highest BCUT2D eigenvalue weighted by Crippen LogP contribution is 2.17. The summed E-state index contributed by atoms with van der Waals surface area (Å²) < 4.78 is 5.17. The number of benzene rings is 1. The molecule has 5 nitrogen and oxygen atoms in total. The van der Waals surface area contributed by atoms with E-state index in [1.54, 1.807) is 18.2 Å². The van der Waals surface area contributed by atoms with Gasteiger partial charge in [-0.25, -0.2) is 4.79 Å².